The van der Waals surface area contributed by atoms with Crippen LogP contribution in [0.25, 0.3) is 0 Å². The third-order valence-corrected chi connectivity index (χ3v) is 17.3. The number of rotatable bonds is 63. The van der Waals surface area contributed by atoms with Gasteiger partial charge in [-0.2, -0.15) is 0 Å². The maximum absolute atomic E-state index is 13.0. The summed E-state index contributed by atoms with van der Waals surface area (Å²) in [4.78, 5) is 72.3. The van der Waals surface area contributed by atoms with E-state index < -0.39 is 97.5 Å². The highest BCUT2D eigenvalue weighted by Gasteiger charge is 2.30. The van der Waals surface area contributed by atoms with E-state index in [1.165, 1.54) is 116 Å². The zero-order valence-corrected chi connectivity index (χ0v) is 57.0. The molecule has 6 atom stereocenters. The first kappa shape index (κ1) is 83.1. The summed E-state index contributed by atoms with van der Waals surface area (Å²) in [6.45, 7) is 14.0. The predicted molar refractivity (Wildman–Crippen MR) is 340 cm³/mol. The number of aliphatic hydroxyl groups excluding tert-OH is 1. The number of unbranched alkanes of at least 4 members (excludes halogenated alkanes) is 28. The number of carbonyl (C=O) groups excluding carboxylic acids is 4. The Morgan fingerprint density at radius 3 is 0.835 bits per heavy atom. The second kappa shape index (κ2) is 56.1. The van der Waals surface area contributed by atoms with Gasteiger partial charge in [0.2, 0.25) is 0 Å². The lowest BCUT2D eigenvalue weighted by atomic mass is 9.99. The highest BCUT2D eigenvalue weighted by Crippen LogP contribution is 2.45. The molecule has 0 fully saturated rings. The van der Waals surface area contributed by atoms with Gasteiger partial charge < -0.3 is 33.8 Å². The minimum absolute atomic E-state index is 0.102. The first-order chi connectivity index (χ1) is 40.6. The van der Waals surface area contributed by atoms with Crippen molar-refractivity contribution in [3.05, 3.63) is 0 Å². The minimum atomic E-state index is -4.95. The Hall–Kier alpha value is -1.94. The highest BCUT2D eigenvalue weighted by atomic mass is 31.2. The summed E-state index contributed by atoms with van der Waals surface area (Å²) in [5.41, 5.74) is 0. The average molecular weight is 1260 g/mol. The fraction of sp³-hybridized carbons (Fsp3) is 0.939. The molecule has 0 saturated heterocycles. The standard InChI is InChI=1S/C66H128O17P2/c1-9-59(8)45-37-29-20-14-10-11-15-22-32-40-48-65(70)82-61(52-76-63(68)46-38-30-21-16-12-13-18-26-34-42-56(2)3)54-80-84(72,73)78-50-60(67)51-79-85(74,75)81-55-62(53-77-64(69)47-39-31-25-24-28-36-44-58(6)7)83-66(71)49-41-33-23-17-19-27-35-43-57(4)5/h56-62,67H,9-55H2,1-8H3,(H,72,73)(H,74,75)/t59?,60-,61-,62-/m1/s1. The molecular formula is C66H128O17P2. The van der Waals surface area contributed by atoms with Crippen molar-refractivity contribution in [2.45, 2.75) is 337 Å². The lowest BCUT2D eigenvalue weighted by molar-refractivity contribution is -0.161. The molecule has 504 valence electrons. The predicted octanol–water partition coefficient (Wildman–Crippen LogP) is 18.1. The monoisotopic (exact) mass is 1250 g/mol. The van der Waals surface area contributed by atoms with Gasteiger partial charge in [-0.25, -0.2) is 9.13 Å². The SMILES string of the molecule is CCC(C)CCCCCCCCCCCCC(=O)O[C@H](COC(=O)CCCCCCCCCCCC(C)C)COP(=O)(O)OC[C@@H](O)COP(=O)(O)OC[C@@H](COC(=O)CCCCCCCCC(C)C)OC(=O)CCCCCCCCCC(C)C. The van der Waals surface area contributed by atoms with Crippen LogP contribution in [-0.2, 0) is 65.4 Å². The van der Waals surface area contributed by atoms with Crippen LogP contribution in [0.4, 0.5) is 0 Å². The summed E-state index contributed by atoms with van der Waals surface area (Å²) in [6, 6.07) is 0. The zero-order chi connectivity index (χ0) is 63.2. The topological polar surface area (TPSA) is 237 Å². The molecule has 0 rings (SSSR count). The van der Waals surface area contributed by atoms with Gasteiger partial charge in [-0.05, 0) is 49.4 Å². The van der Waals surface area contributed by atoms with Crippen molar-refractivity contribution in [3.63, 3.8) is 0 Å². The van der Waals surface area contributed by atoms with Gasteiger partial charge in [0, 0.05) is 25.7 Å². The van der Waals surface area contributed by atoms with Crippen LogP contribution in [0.5, 0.6) is 0 Å². The van der Waals surface area contributed by atoms with Crippen LogP contribution in [0.3, 0.4) is 0 Å². The van der Waals surface area contributed by atoms with E-state index in [0.717, 1.165) is 108 Å². The molecule has 3 unspecified atom stereocenters. The Morgan fingerprint density at radius 1 is 0.329 bits per heavy atom. The largest absolute Gasteiger partial charge is 0.472 e. The van der Waals surface area contributed by atoms with E-state index in [0.29, 0.717) is 37.5 Å². The van der Waals surface area contributed by atoms with Crippen molar-refractivity contribution < 1.29 is 80.2 Å². The maximum atomic E-state index is 13.0. The lowest BCUT2D eigenvalue weighted by Crippen LogP contribution is -2.30. The Balaban J connectivity index is 5.25. The van der Waals surface area contributed by atoms with Crippen LogP contribution in [0.1, 0.15) is 319 Å². The van der Waals surface area contributed by atoms with Gasteiger partial charge >= 0.3 is 39.5 Å². The van der Waals surface area contributed by atoms with Crippen molar-refractivity contribution >= 4 is 39.5 Å². The van der Waals surface area contributed by atoms with E-state index in [1.807, 2.05) is 0 Å². The number of phosphoric ester groups is 2. The van der Waals surface area contributed by atoms with E-state index in [2.05, 4.69) is 55.4 Å². The Kier molecular flexibility index (Phi) is 54.8. The zero-order valence-electron chi connectivity index (χ0n) is 55.2. The number of esters is 4. The molecule has 0 aromatic carbocycles. The summed E-state index contributed by atoms with van der Waals surface area (Å²) >= 11 is 0. The summed E-state index contributed by atoms with van der Waals surface area (Å²) in [6.07, 6.45) is 36.4. The molecule has 17 nitrogen and oxygen atoms in total. The second-order valence-corrected chi connectivity index (χ2v) is 28.4. The van der Waals surface area contributed by atoms with E-state index in [4.69, 9.17) is 37.0 Å². The molecule has 0 spiro atoms. The summed E-state index contributed by atoms with van der Waals surface area (Å²) in [5.74, 6) is 0.783. The molecule has 0 aliphatic heterocycles. The summed E-state index contributed by atoms with van der Waals surface area (Å²) in [5, 5.41) is 10.5. The average Bonchev–Trinajstić information content (AvgIpc) is 3.45. The summed E-state index contributed by atoms with van der Waals surface area (Å²) in [7, 11) is -9.89. The Labute approximate surface area is 517 Å². The molecule has 0 saturated carbocycles. The van der Waals surface area contributed by atoms with Crippen molar-refractivity contribution in [3.8, 4) is 0 Å². The third-order valence-electron chi connectivity index (χ3n) is 15.4. The lowest BCUT2D eigenvalue weighted by Gasteiger charge is -2.21. The maximum Gasteiger partial charge on any atom is 0.472 e. The fourth-order valence-corrected chi connectivity index (χ4v) is 11.3. The molecule has 0 amide bonds. The molecule has 0 aliphatic carbocycles. The molecular weight excluding hydrogens is 1130 g/mol. The van der Waals surface area contributed by atoms with Gasteiger partial charge in [0.25, 0.3) is 0 Å². The molecule has 0 aromatic rings. The van der Waals surface area contributed by atoms with Crippen LogP contribution < -0.4 is 0 Å². The number of carbonyl (C=O) groups is 4. The smallest absolute Gasteiger partial charge is 0.462 e. The van der Waals surface area contributed by atoms with E-state index in [1.54, 1.807) is 0 Å². The molecule has 0 aliphatic rings. The molecule has 0 aromatic heterocycles. The van der Waals surface area contributed by atoms with Crippen molar-refractivity contribution in [2.24, 2.45) is 23.7 Å². The van der Waals surface area contributed by atoms with Crippen LogP contribution in [0.2, 0.25) is 0 Å². The van der Waals surface area contributed by atoms with Gasteiger partial charge in [0.1, 0.15) is 19.3 Å². The van der Waals surface area contributed by atoms with E-state index in [9.17, 15) is 43.2 Å². The second-order valence-electron chi connectivity index (χ2n) is 25.5. The van der Waals surface area contributed by atoms with Crippen molar-refractivity contribution in [2.75, 3.05) is 39.6 Å². The molecule has 0 bridgehead atoms. The van der Waals surface area contributed by atoms with Gasteiger partial charge in [-0.15, -0.1) is 0 Å². The van der Waals surface area contributed by atoms with Gasteiger partial charge in [0.05, 0.1) is 26.4 Å². The molecule has 0 heterocycles. The van der Waals surface area contributed by atoms with Crippen LogP contribution in [-0.4, -0.2) is 96.7 Å². The Morgan fingerprint density at radius 2 is 0.565 bits per heavy atom. The number of hydrogen-bond donors (Lipinski definition) is 3. The van der Waals surface area contributed by atoms with Crippen LogP contribution in [0.15, 0.2) is 0 Å². The third kappa shape index (κ3) is 59.5. The number of ether oxygens (including phenoxy) is 4. The molecule has 85 heavy (non-hydrogen) atoms. The normalized spacial score (nSPS) is 14.7. The fourth-order valence-electron chi connectivity index (χ4n) is 9.75. The van der Waals surface area contributed by atoms with Crippen molar-refractivity contribution in [1.29, 1.82) is 0 Å². The minimum Gasteiger partial charge on any atom is -0.462 e. The first-order valence-electron chi connectivity index (χ1n) is 34.2. The quantitative estimate of drug-likeness (QED) is 0.0222. The van der Waals surface area contributed by atoms with E-state index in [-0.39, 0.29) is 25.7 Å². The van der Waals surface area contributed by atoms with Crippen LogP contribution >= 0.6 is 15.6 Å². The first-order valence-corrected chi connectivity index (χ1v) is 37.2. The van der Waals surface area contributed by atoms with Gasteiger partial charge in [0.15, 0.2) is 12.2 Å². The van der Waals surface area contributed by atoms with Crippen LogP contribution in [0, 0.1) is 23.7 Å². The van der Waals surface area contributed by atoms with Gasteiger partial charge in [-0.1, -0.05) is 267 Å². The Bertz CT molecular complexity index is 1700. The highest BCUT2D eigenvalue weighted by molar-refractivity contribution is 7.47. The number of aliphatic hydroxyl groups is 1. The van der Waals surface area contributed by atoms with Crippen molar-refractivity contribution in [1.82, 2.24) is 0 Å². The molecule has 3 N–H and O–H groups in total. The summed E-state index contributed by atoms with van der Waals surface area (Å²) < 4.78 is 68.1. The number of hydrogen-bond acceptors (Lipinski definition) is 15. The van der Waals surface area contributed by atoms with E-state index >= 15 is 0 Å². The van der Waals surface area contributed by atoms with Gasteiger partial charge in [-0.3, -0.25) is 37.3 Å². The molecule has 19 heteroatoms. The number of phosphoric acid groups is 2. The molecule has 0 radical (unpaired) electrons.